The standard InChI is InChI=1S/C20H26N2O/c1-12(2)18-10-9-17(20(23)22(18)16-7-8-16)19(21)15-6-5-13(3)14(4)11-15/h5-6,9-12,16,19H,7-8,21H2,1-4H3. The molecule has 1 aromatic heterocycles. The maximum atomic E-state index is 13.0. The first-order valence-corrected chi connectivity index (χ1v) is 8.48. The molecule has 1 atom stereocenters. The minimum Gasteiger partial charge on any atom is -0.320 e. The average molecular weight is 310 g/mol. The zero-order chi connectivity index (χ0) is 16.7. The van der Waals surface area contributed by atoms with Crippen molar-refractivity contribution in [2.45, 2.75) is 58.5 Å². The van der Waals surface area contributed by atoms with Crippen LogP contribution >= 0.6 is 0 Å². The molecule has 1 aliphatic rings. The first-order valence-electron chi connectivity index (χ1n) is 8.48. The lowest BCUT2D eigenvalue weighted by Crippen LogP contribution is -2.30. The molecule has 2 aromatic rings. The van der Waals surface area contributed by atoms with E-state index in [-0.39, 0.29) is 11.6 Å². The number of benzene rings is 1. The van der Waals surface area contributed by atoms with Crippen LogP contribution in [-0.4, -0.2) is 4.57 Å². The van der Waals surface area contributed by atoms with Crippen molar-refractivity contribution >= 4 is 0 Å². The molecule has 0 radical (unpaired) electrons. The molecule has 122 valence electrons. The summed E-state index contributed by atoms with van der Waals surface area (Å²) in [7, 11) is 0. The van der Waals surface area contributed by atoms with Gasteiger partial charge in [0.15, 0.2) is 0 Å². The maximum absolute atomic E-state index is 13.0. The summed E-state index contributed by atoms with van der Waals surface area (Å²) in [6.45, 7) is 8.44. The Morgan fingerprint density at radius 1 is 1.09 bits per heavy atom. The molecule has 1 aromatic carbocycles. The van der Waals surface area contributed by atoms with E-state index >= 15 is 0 Å². The van der Waals surface area contributed by atoms with Crippen LogP contribution in [-0.2, 0) is 0 Å². The SMILES string of the molecule is Cc1ccc(C(N)c2ccc(C(C)C)n(C3CC3)c2=O)cc1C. The van der Waals surface area contributed by atoms with Crippen molar-refractivity contribution in [3.05, 3.63) is 68.6 Å². The molecule has 0 amide bonds. The number of nitrogens with zero attached hydrogens (tertiary/aromatic N) is 1. The van der Waals surface area contributed by atoms with E-state index in [9.17, 15) is 4.79 Å². The minimum atomic E-state index is -0.368. The third-order valence-electron chi connectivity index (χ3n) is 4.91. The van der Waals surface area contributed by atoms with Gasteiger partial charge in [0, 0.05) is 17.3 Å². The summed E-state index contributed by atoms with van der Waals surface area (Å²) in [6, 6.07) is 10.2. The van der Waals surface area contributed by atoms with Crippen LogP contribution in [0.5, 0.6) is 0 Å². The van der Waals surface area contributed by atoms with Crippen molar-refractivity contribution in [2.24, 2.45) is 5.73 Å². The van der Waals surface area contributed by atoms with Crippen molar-refractivity contribution in [1.82, 2.24) is 4.57 Å². The molecular weight excluding hydrogens is 284 g/mol. The van der Waals surface area contributed by atoms with Gasteiger partial charge in [-0.25, -0.2) is 0 Å². The van der Waals surface area contributed by atoms with Crippen molar-refractivity contribution < 1.29 is 0 Å². The highest BCUT2D eigenvalue weighted by Gasteiger charge is 2.29. The highest BCUT2D eigenvalue weighted by atomic mass is 16.1. The highest BCUT2D eigenvalue weighted by molar-refractivity contribution is 5.37. The molecule has 0 aliphatic heterocycles. The first kappa shape index (κ1) is 16.0. The summed E-state index contributed by atoms with van der Waals surface area (Å²) in [5.41, 5.74) is 11.8. The molecule has 3 heteroatoms. The van der Waals surface area contributed by atoms with E-state index in [1.807, 2.05) is 16.7 Å². The lowest BCUT2D eigenvalue weighted by Gasteiger charge is -2.20. The summed E-state index contributed by atoms with van der Waals surface area (Å²) >= 11 is 0. The molecule has 1 heterocycles. The summed E-state index contributed by atoms with van der Waals surface area (Å²) in [5.74, 6) is 0.343. The smallest absolute Gasteiger partial charge is 0.256 e. The molecule has 1 fully saturated rings. The fourth-order valence-electron chi connectivity index (χ4n) is 3.14. The van der Waals surface area contributed by atoms with E-state index in [1.54, 1.807) is 0 Å². The molecule has 3 nitrogen and oxygen atoms in total. The molecule has 23 heavy (non-hydrogen) atoms. The van der Waals surface area contributed by atoms with E-state index < -0.39 is 0 Å². The van der Waals surface area contributed by atoms with Crippen LogP contribution in [0.1, 0.15) is 72.6 Å². The van der Waals surface area contributed by atoms with Crippen LogP contribution in [0.25, 0.3) is 0 Å². The van der Waals surface area contributed by atoms with Gasteiger partial charge in [0.1, 0.15) is 0 Å². The maximum Gasteiger partial charge on any atom is 0.256 e. The van der Waals surface area contributed by atoms with E-state index in [1.165, 1.54) is 11.1 Å². The molecule has 0 saturated heterocycles. The molecule has 0 bridgehead atoms. The Bertz CT molecular complexity index is 785. The van der Waals surface area contributed by atoms with Gasteiger partial charge in [0.2, 0.25) is 0 Å². The minimum absolute atomic E-state index is 0.0874. The molecule has 1 unspecified atom stereocenters. The highest BCUT2D eigenvalue weighted by Crippen LogP contribution is 2.36. The molecule has 3 rings (SSSR count). The Labute approximate surface area is 138 Å². The fourth-order valence-corrected chi connectivity index (χ4v) is 3.14. The van der Waals surface area contributed by atoms with Gasteiger partial charge in [-0.2, -0.15) is 0 Å². The summed E-state index contributed by atoms with van der Waals surface area (Å²) < 4.78 is 1.99. The molecule has 2 N–H and O–H groups in total. The third-order valence-corrected chi connectivity index (χ3v) is 4.91. The van der Waals surface area contributed by atoms with Crippen molar-refractivity contribution in [3.8, 4) is 0 Å². The van der Waals surface area contributed by atoms with Crippen LogP contribution < -0.4 is 11.3 Å². The molecule has 1 saturated carbocycles. The van der Waals surface area contributed by atoms with E-state index in [4.69, 9.17) is 5.73 Å². The van der Waals surface area contributed by atoms with Crippen molar-refractivity contribution in [1.29, 1.82) is 0 Å². The van der Waals surface area contributed by atoms with E-state index in [0.717, 1.165) is 24.1 Å². The molecular formula is C20H26N2O. The van der Waals surface area contributed by atoms with Crippen LogP contribution in [0.2, 0.25) is 0 Å². The Morgan fingerprint density at radius 3 is 2.35 bits per heavy atom. The predicted octanol–water partition coefficient (Wildman–Crippen LogP) is 3.97. The van der Waals surface area contributed by atoms with Gasteiger partial charge in [-0.15, -0.1) is 0 Å². The number of rotatable bonds is 4. The lowest BCUT2D eigenvalue weighted by molar-refractivity contribution is 0.613. The van der Waals surface area contributed by atoms with Crippen LogP contribution in [0.4, 0.5) is 0 Å². The Hall–Kier alpha value is -1.87. The second-order valence-corrected chi connectivity index (χ2v) is 7.10. The molecule has 0 spiro atoms. The molecule has 1 aliphatic carbocycles. The van der Waals surface area contributed by atoms with Gasteiger partial charge < -0.3 is 10.3 Å². The van der Waals surface area contributed by atoms with Gasteiger partial charge in [-0.3, -0.25) is 4.79 Å². The zero-order valence-electron chi connectivity index (χ0n) is 14.5. The fraction of sp³-hybridized carbons (Fsp3) is 0.450. The first-order chi connectivity index (χ1) is 10.9. The van der Waals surface area contributed by atoms with Gasteiger partial charge in [-0.05, 0) is 61.4 Å². The van der Waals surface area contributed by atoms with Gasteiger partial charge in [0.05, 0.1) is 6.04 Å². The predicted molar refractivity (Wildman–Crippen MR) is 95.0 cm³/mol. The monoisotopic (exact) mass is 310 g/mol. The number of pyridine rings is 1. The quantitative estimate of drug-likeness (QED) is 0.929. The van der Waals surface area contributed by atoms with E-state index in [2.05, 4.69) is 45.9 Å². The van der Waals surface area contributed by atoms with Crippen LogP contribution in [0.3, 0.4) is 0 Å². The normalized spacial score (nSPS) is 15.9. The van der Waals surface area contributed by atoms with Crippen LogP contribution in [0, 0.1) is 13.8 Å². The second kappa shape index (κ2) is 5.97. The Kier molecular flexibility index (Phi) is 4.15. The van der Waals surface area contributed by atoms with Gasteiger partial charge in [0.25, 0.3) is 5.56 Å². The van der Waals surface area contributed by atoms with Crippen LogP contribution in [0.15, 0.2) is 35.1 Å². The Morgan fingerprint density at radius 2 is 1.78 bits per heavy atom. The van der Waals surface area contributed by atoms with Gasteiger partial charge in [-0.1, -0.05) is 32.0 Å². The summed E-state index contributed by atoms with van der Waals surface area (Å²) in [6.07, 6.45) is 2.20. The largest absolute Gasteiger partial charge is 0.320 e. The number of hydrogen-bond donors (Lipinski definition) is 1. The Balaban J connectivity index is 2.07. The van der Waals surface area contributed by atoms with Crippen molar-refractivity contribution in [3.63, 3.8) is 0 Å². The topological polar surface area (TPSA) is 48.0 Å². The second-order valence-electron chi connectivity index (χ2n) is 7.10. The zero-order valence-corrected chi connectivity index (χ0v) is 14.5. The van der Waals surface area contributed by atoms with Crippen molar-refractivity contribution in [2.75, 3.05) is 0 Å². The number of aromatic nitrogens is 1. The third kappa shape index (κ3) is 2.98. The summed E-state index contributed by atoms with van der Waals surface area (Å²) in [5, 5.41) is 0. The lowest BCUT2D eigenvalue weighted by atomic mass is 9.96. The van der Waals surface area contributed by atoms with E-state index in [0.29, 0.717) is 17.5 Å². The number of nitrogens with two attached hydrogens (primary N) is 1. The average Bonchev–Trinajstić information content (AvgIpc) is 3.33. The summed E-state index contributed by atoms with van der Waals surface area (Å²) in [4.78, 5) is 13.0. The number of aryl methyl sites for hydroxylation is 2. The van der Waals surface area contributed by atoms with Gasteiger partial charge >= 0.3 is 0 Å². The number of hydrogen-bond acceptors (Lipinski definition) is 2.